The summed E-state index contributed by atoms with van der Waals surface area (Å²) in [5.41, 5.74) is 2.17. The summed E-state index contributed by atoms with van der Waals surface area (Å²) in [6, 6.07) is 24.2. The summed E-state index contributed by atoms with van der Waals surface area (Å²) in [7, 11) is 0. The lowest BCUT2D eigenvalue weighted by Crippen LogP contribution is -1.91. The second kappa shape index (κ2) is 9.67. The van der Waals surface area contributed by atoms with Crippen LogP contribution >= 0.6 is 0 Å². The van der Waals surface area contributed by atoms with E-state index in [4.69, 9.17) is 0 Å². The lowest BCUT2D eigenvalue weighted by Gasteiger charge is -2.10. The van der Waals surface area contributed by atoms with Crippen molar-refractivity contribution >= 4 is 21.5 Å². The Labute approximate surface area is 178 Å². The molecule has 4 aromatic rings. The van der Waals surface area contributed by atoms with Crippen molar-refractivity contribution in [3.05, 3.63) is 83.9 Å². The van der Waals surface area contributed by atoms with Crippen molar-refractivity contribution in [3.8, 4) is 11.5 Å². The molecule has 0 bridgehead atoms. The maximum atomic E-state index is 10.3. The van der Waals surface area contributed by atoms with Crippen LogP contribution in [0.2, 0.25) is 0 Å². The second-order valence-electron chi connectivity index (χ2n) is 8.19. The second-order valence-corrected chi connectivity index (χ2v) is 8.19. The Morgan fingerprint density at radius 1 is 0.433 bits per heavy atom. The Morgan fingerprint density at radius 3 is 1.30 bits per heavy atom. The highest BCUT2D eigenvalue weighted by Crippen LogP contribution is 2.30. The molecule has 0 radical (unpaired) electrons. The van der Waals surface area contributed by atoms with Crippen LogP contribution in [0.1, 0.15) is 49.7 Å². The van der Waals surface area contributed by atoms with Gasteiger partial charge in [-0.15, -0.1) is 0 Å². The number of phenols is 2. The van der Waals surface area contributed by atoms with Gasteiger partial charge in [-0.25, -0.2) is 0 Å². The summed E-state index contributed by atoms with van der Waals surface area (Å²) in [5, 5.41) is 25.3. The molecule has 0 amide bonds. The van der Waals surface area contributed by atoms with E-state index in [1.807, 2.05) is 48.5 Å². The monoisotopic (exact) mass is 398 g/mol. The third-order valence-electron chi connectivity index (χ3n) is 6.14. The standard InChI is InChI=1S/C28H30O2/c29-27-19-17-21-11-7-9-13-23(21)25(27)15-5-3-1-2-4-6-16-26-24-14-10-8-12-22(24)18-20-28(26)30/h7-14,17-20,29-30H,1-6,15-16H2. The van der Waals surface area contributed by atoms with Crippen LogP contribution < -0.4 is 0 Å². The molecule has 0 unspecified atom stereocenters. The van der Waals surface area contributed by atoms with Crippen LogP contribution in [-0.2, 0) is 12.8 Å². The van der Waals surface area contributed by atoms with Gasteiger partial charge < -0.3 is 10.2 Å². The van der Waals surface area contributed by atoms with Crippen LogP contribution in [0.25, 0.3) is 21.5 Å². The van der Waals surface area contributed by atoms with E-state index in [1.165, 1.54) is 47.2 Å². The summed E-state index contributed by atoms with van der Waals surface area (Å²) in [5.74, 6) is 0.840. The molecule has 0 aliphatic carbocycles. The minimum atomic E-state index is 0.420. The fourth-order valence-electron chi connectivity index (χ4n) is 4.49. The van der Waals surface area contributed by atoms with Gasteiger partial charge in [-0.2, -0.15) is 0 Å². The van der Waals surface area contributed by atoms with Gasteiger partial charge in [-0.1, -0.05) is 86.3 Å². The highest BCUT2D eigenvalue weighted by molar-refractivity contribution is 5.88. The molecule has 0 saturated heterocycles. The number of phenolic OH excluding ortho intramolecular Hbond substituents is 2. The number of aryl methyl sites for hydroxylation is 2. The number of rotatable bonds is 9. The van der Waals surface area contributed by atoms with Crippen LogP contribution in [0.5, 0.6) is 11.5 Å². The summed E-state index contributed by atoms with van der Waals surface area (Å²) in [6.45, 7) is 0. The molecule has 0 fully saturated rings. The quantitative estimate of drug-likeness (QED) is 0.286. The fraction of sp³-hybridized carbons (Fsp3) is 0.286. The van der Waals surface area contributed by atoms with Gasteiger partial charge in [0.1, 0.15) is 11.5 Å². The number of hydrogen-bond donors (Lipinski definition) is 2. The minimum Gasteiger partial charge on any atom is -0.508 e. The van der Waals surface area contributed by atoms with Crippen molar-refractivity contribution in [2.75, 3.05) is 0 Å². The summed E-state index contributed by atoms with van der Waals surface area (Å²) < 4.78 is 0. The van der Waals surface area contributed by atoms with Crippen LogP contribution in [0.4, 0.5) is 0 Å². The number of fused-ring (bicyclic) bond motifs is 2. The number of benzene rings is 4. The molecule has 2 heteroatoms. The normalized spacial score (nSPS) is 11.3. The van der Waals surface area contributed by atoms with E-state index < -0.39 is 0 Å². The Kier molecular flexibility index (Phi) is 6.53. The Balaban J connectivity index is 1.21. The molecule has 0 saturated carbocycles. The lowest BCUT2D eigenvalue weighted by molar-refractivity contribution is 0.465. The average molecular weight is 399 g/mol. The van der Waals surface area contributed by atoms with Gasteiger partial charge in [0, 0.05) is 11.1 Å². The zero-order valence-electron chi connectivity index (χ0n) is 17.5. The topological polar surface area (TPSA) is 40.5 Å². The summed E-state index contributed by atoms with van der Waals surface area (Å²) in [6.07, 6.45) is 8.86. The van der Waals surface area contributed by atoms with E-state index in [1.54, 1.807) is 0 Å². The largest absolute Gasteiger partial charge is 0.508 e. The van der Waals surface area contributed by atoms with E-state index in [0.29, 0.717) is 11.5 Å². The molecule has 30 heavy (non-hydrogen) atoms. The first-order valence-corrected chi connectivity index (χ1v) is 11.1. The van der Waals surface area contributed by atoms with Crippen molar-refractivity contribution in [2.24, 2.45) is 0 Å². The molecule has 0 aliphatic heterocycles. The fourth-order valence-corrected chi connectivity index (χ4v) is 4.49. The van der Waals surface area contributed by atoms with Crippen molar-refractivity contribution in [2.45, 2.75) is 51.4 Å². The lowest BCUT2D eigenvalue weighted by atomic mass is 9.97. The first-order valence-electron chi connectivity index (χ1n) is 11.1. The SMILES string of the molecule is Oc1ccc2ccccc2c1CCCCCCCCc1c(O)ccc2ccccc12. The molecule has 0 aliphatic rings. The van der Waals surface area contributed by atoms with Crippen molar-refractivity contribution in [1.82, 2.24) is 0 Å². The number of unbranched alkanes of at least 4 members (excludes halogenated alkanes) is 5. The Morgan fingerprint density at radius 2 is 0.833 bits per heavy atom. The molecule has 0 atom stereocenters. The van der Waals surface area contributed by atoms with Crippen LogP contribution in [0, 0.1) is 0 Å². The molecule has 0 aromatic heterocycles. The van der Waals surface area contributed by atoms with Crippen LogP contribution in [-0.4, -0.2) is 10.2 Å². The van der Waals surface area contributed by atoms with Crippen LogP contribution in [0.15, 0.2) is 72.8 Å². The highest BCUT2D eigenvalue weighted by Gasteiger charge is 2.08. The predicted octanol–water partition coefficient (Wildman–Crippen LogP) is 7.53. The zero-order valence-corrected chi connectivity index (χ0v) is 17.5. The summed E-state index contributed by atoms with van der Waals surface area (Å²) >= 11 is 0. The number of hydrogen-bond acceptors (Lipinski definition) is 2. The molecule has 0 heterocycles. The molecule has 2 N–H and O–H groups in total. The Bertz CT molecular complexity index is 1040. The van der Waals surface area contributed by atoms with Gasteiger partial charge in [-0.3, -0.25) is 0 Å². The van der Waals surface area contributed by atoms with Crippen molar-refractivity contribution in [1.29, 1.82) is 0 Å². The first-order chi connectivity index (χ1) is 14.7. The van der Waals surface area contributed by atoms with E-state index in [9.17, 15) is 10.2 Å². The molecular formula is C28H30O2. The molecule has 4 aromatic carbocycles. The maximum Gasteiger partial charge on any atom is 0.119 e. The number of aromatic hydroxyl groups is 2. The molecule has 154 valence electrons. The van der Waals surface area contributed by atoms with Gasteiger partial charge in [0.05, 0.1) is 0 Å². The third-order valence-corrected chi connectivity index (χ3v) is 6.14. The zero-order chi connectivity index (χ0) is 20.8. The third kappa shape index (κ3) is 4.59. The Hall–Kier alpha value is -3.00. The van der Waals surface area contributed by atoms with Crippen molar-refractivity contribution in [3.63, 3.8) is 0 Å². The first kappa shape index (κ1) is 20.3. The predicted molar refractivity (Wildman–Crippen MR) is 126 cm³/mol. The molecule has 4 rings (SSSR count). The van der Waals surface area contributed by atoms with Gasteiger partial charge >= 0.3 is 0 Å². The van der Waals surface area contributed by atoms with Gasteiger partial charge in [-0.05, 0) is 59.4 Å². The van der Waals surface area contributed by atoms with Crippen LogP contribution in [0.3, 0.4) is 0 Å². The van der Waals surface area contributed by atoms with Gasteiger partial charge in [0.25, 0.3) is 0 Å². The summed E-state index contributed by atoms with van der Waals surface area (Å²) in [4.78, 5) is 0. The van der Waals surface area contributed by atoms with Gasteiger partial charge in [0.15, 0.2) is 0 Å². The smallest absolute Gasteiger partial charge is 0.119 e. The molecular weight excluding hydrogens is 368 g/mol. The van der Waals surface area contributed by atoms with E-state index >= 15 is 0 Å². The van der Waals surface area contributed by atoms with Gasteiger partial charge in [0.2, 0.25) is 0 Å². The minimum absolute atomic E-state index is 0.420. The highest BCUT2D eigenvalue weighted by atomic mass is 16.3. The van der Waals surface area contributed by atoms with E-state index in [0.717, 1.165) is 36.8 Å². The molecule has 0 spiro atoms. The average Bonchev–Trinajstić information content (AvgIpc) is 2.78. The molecule has 2 nitrogen and oxygen atoms in total. The van der Waals surface area contributed by atoms with Crippen molar-refractivity contribution < 1.29 is 10.2 Å². The maximum absolute atomic E-state index is 10.3. The van der Waals surface area contributed by atoms with E-state index in [2.05, 4.69) is 24.3 Å². The van der Waals surface area contributed by atoms with E-state index in [-0.39, 0.29) is 0 Å².